The smallest absolute Gasteiger partial charge is 0.418 e. The number of carboxylic acids is 1. The minimum atomic E-state index is -4.78. The Labute approximate surface area is 249 Å². The Kier molecular flexibility index (Phi) is 9.28. The van der Waals surface area contributed by atoms with Gasteiger partial charge in [-0.05, 0) is 35.7 Å². The second kappa shape index (κ2) is 12.5. The van der Waals surface area contributed by atoms with Gasteiger partial charge >= 0.3 is 18.3 Å². The number of nitrogens with zero attached hydrogens (tertiary/aromatic N) is 2. The van der Waals surface area contributed by atoms with Crippen LogP contribution in [0.5, 0.6) is 0 Å². The van der Waals surface area contributed by atoms with E-state index in [1.165, 1.54) is 24.3 Å². The molecule has 242 valence electrons. The topological polar surface area (TPSA) is 101 Å². The number of benzene rings is 2. The number of amides is 1. The number of hydrogen-bond donors (Lipinski definition) is 2. The van der Waals surface area contributed by atoms with E-state index in [-0.39, 0.29) is 35.4 Å². The van der Waals surface area contributed by atoms with Crippen molar-refractivity contribution in [2.45, 2.75) is 37.8 Å². The van der Waals surface area contributed by atoms with Crippen molar-refractivity contribution in [1.29, 1.82) is 0 Å². The summed E-state index contributed by atoms with van der Waals surface area (Å²) in [6, 6.07) is 2.34. The minimum absolute atomic E-state index is 0.108. The average Bonchev–Trinajstić information content (AvgIpc) is 2.94. The van der Waals surface area contributed by atoms with E-state index in [0.29, 0.717) is 23.2 Å². The highest BCUT2D eigenvalue weighted by molar-refractivity contribution is 5.97. The number of morpholine rings is 1. The number of carboxylic acid groups (broad SMARTS) is 1. The van der Waals surface area contributed by atoms with Gasteiger partial charge in [-0.1, -0.05) is 24.3 Å². The summed E-state index contributed by atoms with van der Waals surface area (Å²) in [5.41, 5.74) is -3.63. The third-order valence-electron chi connectivity index (χ3n) is 7.32. The Bertz CT molecular complexity index is 1650. The van der Waals surface area contributed by atoms with Gasteiger partial charge in [-0.25, -0.2) is 13.6 Å². The molecule has 8 nitrogen and oxygen atoms in total. The van der Waals surface area contributed by atoms with Crippen molar-refractivity contribution in [3.63, 3.8) is 0 Å². The molecule has 0 radical (unpaired) electrons. The summed E-state index contributed by atoms with van der Waals surface area (Å²) in [7, 11) is 1.16. The first kappa shape index (κ1) is 33.4. The number of hydrogen-bond acceptors (Lipinski definition) is 5. The van der Waals surface area contributed by atoms with E-state index in [0.717, 1.165) is 18.5 Å². The molecule has 0 bridgehead atoms. The first-order valence-electron chi connectivity index (χ1n) is 13.2. The molecule has 3 aromatic rings. The van der Waals surface area contributed by atoms with Crippen LogP contribution in [0.4, 0.5) is 40.8 Å². The van der Waals surface area contributed by atoms with Crippen molar-refractivity contribution in [2.24, 2.45) is 7.05 Å². The molecule has 1 saturated heterocycles. The molecule has 0 spiro atoms. The Morgan fingerprint density at radius 3 is 2.20 bits per heavy atom. The molecule has 1 amide bonds. The van der Waals surface area contributed by atoms with Crippen LogP contribution in [0.15, 0.2) is 47.4 Å². The number of alkyl halides is 6. The lowest BCUT2D eigenvalue weighted by atomic mass is 9.96. The lowest BCUT2D eigenvalue weighted by molar-refractivity contribution is -0.167. The van der Waals surface area contributed by atoms with Crippen molar-refractivity contribution < 1.29 is 54.6 Å². The first-order valence-corrected chi connectivity index (χ1v) is 13.2. The maximum Gasteiger partial charge on any atom is 0.418 e. The van der Waals surface area contributed by atoms with E-state index >= 15 is 0 Å². The number of carbonyl (C=O) groups excluding carboxylic acids is 1. The van der Waals surface area contributed by atoms with Gasteiger partial charge in [0.25, 0.3) is 11.5 Å². The second-order valence-electron chi connectivity index (χ2n) is 10.3. The van der Waals surface area contributed by atoms with Crippen LogP contribution in [0.2, 0.25) is 0 Å². The Morgan fingerprint density at radius 1 is 1.07 bits per heavy atom. The van der Waals surface area contributed by atoms with Crippen LogP contribution in [-0.2, 0) is 29.2 Å². The van der Waals surface area contributed by atoms with Gasteiger partial charge in [-0.2, -0.15) is 26.3 Å². The van der Waals surface area contributed by atoms with Crippen molar-refractivity contribution in [3.05, 3.63) is 86.8 Å². The maximum atomic E-state index is 14.9. The van der Waals surface area contributed by atoms with Gasteiger partial charge in [0.05, 0.1) is 24.3 Å². The number of rotatable bonds is 7. The fraction of sp³-hybridized carbons (Fsp3) is 0.345. The monoisotopic (exact) mass is 647 g/mol. The van der Waals surface area contributed by atoms with E-state index < -0.39 is 83.3 Å². The number of carbonyl (C=O) groups is 2. The van der Waals surface area contributed by atoms with Crippen molar-refractivity contribution >= 4 is 17.6 Å². The highest BCUT2D eigenvalue weighted by Gasteiger charge is 2.46. The molecule has 1 aliphatic heterocycles. The summed E-state index contributed by atoms with van der Waals surface area (Å²) < 4.78 is 116. The molecule has 2 N–H and O–H groups in total. The molecule has 45 heavy (non-hydrogen) atoms. The van der Waals surface area contributed by atoms with Crippen LogP contribution in [-0.4, -0.2) is 59.6 Å². The lowest BCUT2D eigenvalue weighted by Crippen LogP contribution is -2.53. The van der Waals surface area contributed by atoms with E-state index in [4.69, 9.17) is 4.74 Å². The number of nitrogens with one attached hydrogen (secondary N) is 1. The molecule has 2 aromatic carbocycles. The van der Waals surface area contributed by atoms with E-state index in [1.807, 2.05) is 5.32 Å². The van der Waals surface area contributed by atoms with Gasteiger partial charge < -0.3 is 24.6 Å². The van der Waals surface area contributed by atoms with Crippen LogP contribution in [0.1, 0.15) is 27.0 Å². The number of aromatic nitrogens is 1. The molecule has 1 fully saturated rings. The number of aliphatic carboxylic acids is 1. The number of halogens is 8. The van der Waals surface area contributed by atoms with Crippen molar-refractivity contribution in [1.82, 2.24) is 9.88 Å². The zero-order valence-electron chi connectivity index (χ0n) is 23.5. The van der Waals surface area contributed by atoms with Crippen LogP contribution < -0.4 is 15.8 Å². The minimum Gasteiger partial charge on any atom is -0.480 e. The molecule has 0 saturated carbocycles. The molecule has 2 atom stereocenters. The van der Waals surface area contributed by atoms with Crippen LogP contribution in [0, 0.1) is 18.6 Å². The van der Waals surface area contributed by atoms with Crippen molar-refractivity contribution in [2.75, 3.05) is 24.7 Å². The van der Waals surface area contributed by atoms with E-state index in [2.05, 4.69) is 0 Å². The van der Waals surface area contributed by atoms with E-state index in [9.17, 15) is 54.6 Å². The second-order valence-corrected chi connectivity index (χ2v) is 10.3. The predicted molar refractivity (Wildman–Crippen MR) is 144 cm³/mol. The summed E-state index contributed by atoms with van der Waals surface area (Å²) in [4.78, 5) is 38.0. The van der Waals surface area contributed by atoms with Crippen LogP contribution in [0.25, 0.3) is 11.1 Å². The zero-order chi connectivity index (χ0) is 33.4. The fourth-order valence-corrected chi connectivity index (χ4v) is 5.05. The molecule has 2 heterocycles. The number of ether oxygens (including phenoxy) is 1. The quantitative estimate of drug-likeness (QED) is 0.356. The largest absolute Gasteiger partial charge is 0.480 e. The number of pyridine rings is 1. The summed E-state index contributed by atoms with van der Waals surface area (Å²) in [5.74, 6) is -6.14. The SMILES string of the molecule is Cc1c(C(F)(F)F)cn(C)c(=O)c1-c1ccc(CC(NC(=O)c2c(F)cc(N3CCOCC3C(F)(F)F)cc2F)C(=O)O)cc1. The van der Waals surface area contributed by atoms with Gasteiger partial charge in [0, 0.05) is 31.9 Å². The molecule has 1 aliphatic rings. The third-order valence-corrected chi connectivity index (χ3v) is 7.32. The van der Waals surface area contributed by atoms with Gasteiger partial charge in [0.2, 0.25) is 0 Å². The summed E-state index contributed by atoms with van der Waals surface area (Å²) in [5, 5.41) is 11.6. The average molecular weight is 648 g/mol. The Balaban J connectivity index is 1.56. The van der Waals surface area contributed by atoms with Gasteiger partial charge in [-0.15, -0.1) is 0 Å². The summed E-state index contributed by atoms with van der Waals surface area (Å²) in [6.45, 7) is -0.109. The normalized spacial score (nSPS) is 16.4. The molecule has 1 aromatic heterocycles. The molecule has 0 aliphatic carbocycles. The Morgan fingerprint density at radius 2 is 1.67 bits per heavy atom. The van der Waals surface area contributed by atoms with E-state index in [1.54, 1.807) is 0 Å². The molecule has 16 heteroatoms. The number of aryl methyl sites for hydroxylation is 1. The highest BCUT2D eigenvalue weighted by Crippen LogP contribution is 2.35. The third kappa shape index (κ3) is 7.10. The summed E-state index contributed by atoms with van der Waals surface area (Å²) >= 11 is 0. The van der Waals surface area contributed by atoms with Crippen LogP contribution >= 0.6 is 0 Å². The zero-order valence-corrected chi connectivity index (χ0v) is 23.5. The summed E-state index contributed by atoms with van der Waals surface area (Å²) in [6.07, 6.45) is -9.28. The number of anilines is 1. The van der Waals surface area contributed by atoms with Crippen LogP contribution in [0.3, 0.4) is 0 Å². The first-order chi connectivity index (χ1) is 20.9. The van der Waals surface area contributed by atoms with Gasteiger partial charge in [-0.3, -0.25) is 9.59 Å². The molecule has 2 unspecified atom stereocenters. The standard InChI is InChI=1S/C29H25F8N3O5/c1-14-18(28(32,33)34)12-39(2)26(42)23(14)16-5-3-15(4-6-16)9-21(27(43)44)38-25(41)24-19(30)10-17(11-20(24)31)40-7-8-45-13-22(40)29(35,36)37/h3-6,10-12,21-22H,7-9,13H2,1-2H3,(H,38,41)(H,43,44). The fourth-order valence-electron chi connectivity index (χ4n) is 5.05. The Hall–Kier alpha value is -4.47. The molecular weight excluding hydrogens is 622 g/mol. The van der Waals surface area contributed by atoms with Gasteiger partial charge in [0.15, 0.2) is 0 Å². The van der Waals surface area contributed by atoms with Gasteiger partial charge in [0.1, 0.15) is 29.3 Å². The maximum absolute atomic E-state index is 14.9. The predicted octanol–water partition coefficient (Wildman–Crippen LogP) is 4.85. The highest BCUT2D eigenvalue weighted by atomic mass is 19.4. The lowest BCUT2D eigenvalue weighted by Gasteiger charge is -2.38. The molecular formula is C29H25F8N3O5. The van der Waals surface area contributed by atoms with Crippen molar-refractivity contribution in [3.8, 4) is 11.1 Å². The molecule has 4 rings (SSSR count).